The summed E-state index contributed by atoms with van der Waals surface area (Å²) in [7, 11) is 0. The van der Waals surface area contributed by atoms with E-state index in [2.05, 4.69) is 59.1 Å². The van der Waals surface area contributed by atoms with Gasteiger partial charge in [0.05, 0.1) is 0 Å². The minimum atomic E-state index is 0.759. The van der Waals surface area contributed by atoms with Crippen molar-refractivity contribution in [1.82, 2.24) is 5.32 Å². The summed E-state index contributed by atoms with van der Waals surface area (Å²) >= 11 is 2.50. The molecular formula is C18H24IN. The lowest BCUT2D eigenvalue weighted by Gasteiger charge is -2.25. The molecule has 0 amide bonds. The summed E-state index contributed by atoms with van der Waals surface area (Å²) in [5.74, 6) is 1.62. The molecule has 1 atom stereocenters. The smallest absolute Gasteiger partial charge is 0.0205 e. The van der Waals surface area contributed by atoms with Gasteiger partial charge in [-0.15, -0.1) is 0 Å². The van der Waals surface area contributed by atoms with E-state index in [0.29, 0.717) is 0 Å². The molecule has 1 aliphatic heterocycles. The summed E-state index contributed by atoms with van der Waals surface area (Å²) in [6, 6.07) is 7.17. The first kappa shape index (κ1) is 14.6. The van der Waals surface area contributed by atoms with E-state index in [9.17, 15) is 0 Å². The van der Waals surface area contributed by atoms with Crippen molar-refractivity contribution in [1.29, 1.82) is 0 Å². The maximum Gasteiger partial charge on any atom is 0.0205 e. The Morgan fingerprint density at radius 2 is 1.95 bits per heavy atom. The molecule has 1 saturated heterocycles. The van der Waals surface area contributed by atoms with Crippen molar-refractivity contribution in [2.75, 3.05) is 13.1 Å². The van der Waals surface area contributed by atoms with Crippen LogP contribution >= 0.6 is 22.6 Å². The molecule has 1 fully saturated rings. The standard InChI is InChI=1S/C18H24IN/c1-13-2-4-15(5-3-13)17-12-16(6-7-18(17)19)14-8-10-20-11-9-14/h4,6-7,12-14,20H,2-3,5,8-11H2,1H3. The Morgan fingerprint density at radius 1 is 1.15 bits per heavy atom. The molecule has 0 aromatic heterocycles. The zero-order valence-corrected chi connectivity index (χ0v) is 14.4. The van der Waals surface area contributed by atoms with Crippen molar-refractivity contribution >= 4 is 28.2 Å². The van der Waals surface area contributed by atoms with Gasteiger partial charge in [0, 0.05) is 3.57 Å². The van der Waals surface area contributed by atoms with Crippen molar-refractivity contribution in [3.05, 3.63) is 39.0 Å². The molecule has 0 radical (unpaired) electrons. The first-order valence-corrected chi connectivity index (χ1v) is 9.01. The number of hydrogen-bond donors (Lipinski definition) is 1. The lowest BCUT2D eigenvalue weighted by Crippen LogP contribution is -2.26. The molecule has 3 rings (SSSR count). The lowest BCUT2D eigenvalue weighted by atomic mass is 9.85. The Bertz CT molecular complexity index is 500. The van der Waals surface area contributed by atoms with Gasteiger partial charge >= 0.3 is 0 Å². The summed E-state index contributed by atoms with van der Waals surface area (Å²) in [5, 5.41) is 3.47. The van der Waals surface area contributed by atoms with E-state index in [0.717, 1.165) is 11.8 Å². The number of rotatable bonds is 2. The Balaban J connectivity index is 1.86. The molecule has 1 aromatic rings. The van der Waals surface area contributed by atoms with Crippen LogP contribution < -0.4 is 5.32 Å². The summed E-state index contributed by atoms with van der Waals surface area (Å²) < 4.78 is 1.42. The van der Waals surface area contributed by atoms with Crippen LogP contribution in [0.15, 0.2) is 24.3 Å². The zero-order chi connectivity index (χ0) is 13.9. The van der Waals surface area contributed by atoms with E-state index in [1.165, 1.54) is 54.3 Å². The van der Waals surface area contributed by atoms with Gasteiger partial charge in [-0.1, -0.05) is 25.1 Å². The quantitative estimate of drug-likeness (QED) is 0.714. The third-order valence-corrected chi connectivity index (χ3v) is 5.76. The van der Waals surface area contributed by atoms with E-state index >= 15 is 0 Å². The normalized spacial score (nSPS) is 24.5. The SMILES string of the molecule is CC1CC=C(c2cc(C3CCNCC3)ccc2I)CC1. The number of nitrogens with one attached hydrogen (secondary N) is 1. The number of piperidine rings is 1. The minimum Gasteiger partial charge on any atom is -0.317 e. The van der Waals surface area contributed by atoms with Gasteiger partial charge in [-0.2, -0.15) is 0 Å². The van der Waals surface area contributed by atoms with Crippen molar-refractivity contribution in [3.8, 4) is 0 Å². The number of halogens is 1. The van der Waals surface area contributed by atoms with Gasteiger partial charge < -0.3 is 5.32 Å². The Hall–Kier alpha value is -0.350. The zero-order valence-electron chi connectivity index (χ0n) is 12.3. The van der Waals surface area contributed by atoms with Crippen molar-refractivity contribution < 1.29 is 0 Å². The molecule has 108 valence electrons. The fraction of sp³-hybridized carbons (Fsp3) is 0.556. The highest BCUT2D eigenvalue weighted by atomic mass is 127. The molecule has 20 heavy (non-hydrogen) atoms. The average Bonchev–Trinajstić information content (AvgIpc) is 2.50. The predicted octanol–water partition coefficient (Wildman–Crippen LogP) is 4.96. The lowest BCUT2D eigenvalue weighted by molar-refractivity contribution is 0.460. The monoisotopic (exact) mass is 381 g/mol. The first-order valence-electron chi connectivity index (χ1n) is 7.93. The number of allylic oxidation sites excluding steroid dienone is 2. The van der Waals surface area contributed by atoms with Crippen LogP contribution in [0.4, 0.5) is 0 Å². The van der Waals surface area contributed by atoms with Gasteiger partial charge in [0.15, 0.2) is 0 Å². The van der Waals surface area contributed by atoms with E-state index < -0.39 is 0 Å². The molecule has 2 heteroatoms. The van der Waals surface area contributed by atoms with Crippen LogP contribution in [-0.4, -0.2) is 13.1 Å². The second-order valence-electron chi connectivity index (χ2n) is 6.37. The first-order chi connectivity index (χ1) is 9.74. The molecule has 1 N–H and O–H groups in total. The molecule has 1 heterocycles. The highest BCUT2D eigenvalue weighted by molar-refractivity contribution is 14.1. The second-order valence-corrected chi connectivity index (χ2v) is 7.53. The minimum absolute atomic E-state index is 0.759. The highest BCUT2D eigenvalue weighted by Crippen LogP contribution is 2.35. The van der Waals surface area contributed by atoms with Crippen molar-refractivity contribution in [3.63, 3.8) is 0 Å². The molecular weight excluding hydrogens is 357 g/mol. The van der Waals surface area contributed by atoms with E-state index in [4.69, 9.17) is 0 Å². The van der Waals surface area contributed by atoms with Gasteiger partial charge in [0.25, 0.3) is 0 Å². The summed E-state index contributed by atoms with van der Waals surface area (Å²) in [6.07, 6.45) is 8.92. The van der Waals surface area contributed by atoms with Gasteiger partial charge in [0.1, 0.15) is 0 Å². The fourth-order valence-corrected chi connectivity index (χ4v) is 4.09. The van der Waals surface area contributed by atoms with Gasteiger partial charge in [-0.05, 0) is 102 Å². The summed E-state index contributed by atoms with van der Waals surface area (Å²) in [4.78, 5) is 0. The van der Waals surface area contributed by atoms with Crippen LogP contribution in [0.25, 0.3) is 5.57 Å². The van der Waals surface area contributed by atoms with E-state index in [1.54, 1.807) is 11.1 Å². The third-order valence-electron chi connectivity index (χ3n) is 4.82. The van der Waals surface area contributed by atoms with Crippen LogP contribution in [0.5, 0.6) is 0 Å². The third kappa shape index (κ3) is 3.28. The van der Waals surface area contributed by atoms with Gasteiger partial charge in [-0.3, -0.25) is 0 Å². The van der Waals surface area contributed by atoms with Crippen LogP contribution in [0.3, 0.4) is 0 Å². The molecule has 1 aliphatic carbocycles. The van der Waals surface area contributed by atoms with Crippen LogP contribution in [0.2, 0.25) is 0 Å². The fourth-order valence-electron chi connectivity index (χ4n) is 3.41. The molecule has 0 spiro atoms. The van der Waals surface area contributed by atoms with Crippen LogP contribution in [-0.2, 0) is 0 Å². The topological polar surface area (TPSA) is 12.0 Å². The van der Waals surface area contributed by atoms with Crippen molar-refractivity contribution in [2.45, 2.75) is 44.9 Å². The number of hydrogen-bond acceptors (Lipinski definition) is 1. The maximum absolute atomic E-state index is 3.47. The Kier molecular flexibility index (Phi) is 4.82. The molecule has 1 aromatic carbocycles. The second kappa shape index (κ2) is 6.61. The Labute approximate surface area is 136 Å². The van der Waals surface area contributed by atoms with E-state index in [1.807, 2.05) is 0 Å². The molecule has 0 saturated carbocycles. The Morgan fingerprint density at radius 3 is 2.65 bits per heavy atom. The average molecular weight is 381 g/mol. The molecule has 1 nitrogen and oxygen atoms in total. The van der Waals surface area contributed by atoms with E-state index in [-0.39, 0.29) is 0 Å². The van der Waals surface area contributed by atoms with Crippen LogP contribution in [0, 0.1) is 9.49 Å². The van der Waals surface area contributed by atoms with Gasteiger partial charge in [0.2, 0.25) is 0 Å². The summed E-state index contributed by atoms with van der Waals surface area (Å²) in [5.41, 5.74) is 4.65. The molecule has 0 bridgehead atoms. The van der Waals surface area contributed by atoms with Gasteiger partial charge in [-0.25, -0.2) is 0 Å². The summed E-state index contributed by atoms with van der Waals surface area (Å²) in [6.45, 7) is 4.71. The molecule has 2 aliphatic rings. The van der Waals surface area contributed by atoms with Crippen molar-refractivity contribution in [2.24, 2.45) is 5.92 Å². The predicted molar refractivity (Wildman–Crippen MR) is 95.0 cm³/mol. The van der Waals surface area contributed by atoms with Crippen LogP contribution in [0.1, 0.15) is 56.1 Å². The maximum atomic E-state index is 3.47. The number of benzene rings is 1. The highest BCUT2D eigenvalue weighted by Gasteiger charge is 2.18. The molecule has 1 unspecified atom stereocenters. The largest absolute Gasteiger partial charge is 0.317 e.